The lowest BCUT2D eigenvalue weighted by Gasteiger charge is -2.16. The van der Waals surface area contributed by atoms with E-state index in [0.29, 0.717) is 37.0 Å². The molecule has 0 fully saturated rings. The summed E-state index contributed by atoms with van der Waals surface area (Å²) in [4.78, 5) is 12.0. The van der Waals surface area contributed by atoms with E-state index in [9.17, 15) is 9.90 Å². The zero-order chi connectivity index (χ0) is 15.3. The molecule has 1 unspecified atom stereocenters. The van der Waals surface area contributed by atoms with E-state index >= 15 is 0 Å². The highest BCUT2D eigenvalue weighted by atomic mass is 35.5. The van der Waals surface area contributed by atoms with Crippen molar-refractivity contribution in [1.29, 1.82) is 0 Å². The van der Waals surface area contributed by atoms with Crippen LogP contribution in [0.15, 0.2) is 11.0 Å². The summed E-state index contributed by atoms with van der Waals surface area (Å²) >= 11 is 6.05. The van der Waals surface area contributed by atoms with Crippen LogP contribution >= 0.6 is 11.6 Å². The highest BCUT2D eigenvalue weighted by Gasteiger charge is 2.12. The van der Waals surface area contributed by atoms with Crippen LogP contribution in [0.5, 0.6) is 0 Å². The van der Waals surface area contributed by atoms with Gasteiger partial charge in [0.15, 0.2) is 0 Å². The fourth-order valence-electron chi connectivity index (χ4n) is 1.92. The average Bonchev–Trinajstić information content (AvgIpc) is 2.33. The molecule has 5 nitrogen and oxygen atoms in total. The zero-order valence-electron chi connectivity index (χ0n) is 12.6. The standard InChI is InChI=1S/C14H24ClN3O2/c1-9(2)5-11(19)6-16-12-7-17-18(8-10(3)4)14(20)13(12)15/h7,9-11,16,19H,5-6,8H2,1-4H3. The van der Waals surface area contributed by atoms with Gasteiger partial charge in [0.25, 0.3) is 5.56 Å². The first-order valence-corrected chi connectivity index (χ1v) is 7.36. The smallest absolute Gasteiger partial charge is 0.287 e. The van der Waals surface area contributed by atoms with Crippen LogP contribution in [0.3, 0.4) is 0 Å². The molecule has 0 amide bonds. The van der Waals surface area contributed by atoms with Crippen LogP contribution in [-0.2, 0) is 6.54 Å². The molecule has 1 heterocycles. The molecule has 1 aromatic rings. The largest absolute Gasteiger partial charge is 0.391 e. The van der Waals surface area contributed by atoms with Gasteiger partial charge in [-0.3, -0.25) is 4.79 Å². The lowest BCUT2D eigenvalue weighted by molar-refractivity contribution is 0.161. The Balaban J connectivity index is 2.73. The number of nitrogens with zero attached hydrogens (tertiary/aromatic N) is 2. The van der Waals surface area contributed by atoms with E-state index in [1.165, 1.54) is 10.9 Å². The van der Waals surface area contributed by atoms with Crippen molar-refractivity contribution in [2.75, 3.05) is 11.9 Å². The minimum absolute atomic E-state index is 0.123. The van der Waals surface area contributed by atoms with Gasteiger partial charge in [0.1, 0.15) is 5.02 Å². The van der Waals surface area contributed by atoms with E-state index in [4.69, 9.17) is 11.6 Å². The van der Waals surface area contributed by atoms with E-state index < -0.39 is 6.10 Å². The molecular formula is C14H24ClN3O2. The van der Waals surface area contributed by atoms with Crippen LogP contribution in [0, 0.1) is 11.8 Å². The summed E-state index contributed by atoms with van der Waals surface area (Å²) in [5, 5.41) is 17.0. The first-order chi connectivity index (χ1) is 9.31. The first kappa shape index (κ1) is 17.0. The number of aromatic nitrogens is 2. The van der Waals surface area contributed by atoms with Crippen molar-refractivity contribution in [2.45, 2.75) is 46.8 Å². The number of aliphatic hydroxyl groups excluding tert-OH is 1. The molecule has 6 heteroatoms. The lowest BCUT2D eigenvalue weighted by Crippen LogP contribution is -2.27. The van der Waals surface area contributed by atoms with Gasteiger partial charge in [-0.1, -0.05) is 39.3 Å². The van der Waals surface area contributed by atoms with Gasteiger partial charge in [0.05, 0.1) is 18.0 Å². The maximum atomic E-state index is 12.0. The summed E-state index contributed by atoms with van der Waals surface area (Å²) in [6.45, 7) is 9.00. The maximum absolute atomic E-state index is 12.0. The molecule has 0 saturated carbocycles. The van der Waals surface area contributed by atoms with E-state index in [-0.39, 0.29) is 10.6 Å². The average molecular weight is 302 g/mol. The van der Waals surface area contributed by atoms with Crippen molar-refractivity contribution in [3.05, 3.63) is 21.6 Å². The van der Waals surface area contributed by atoms with E-state index in [1.807, 2.05) is 27.7 Å². The van der Waals surface area contributed by atoms with Crippen molar-refractivity contribution in [1.82, 2.24) is 9.78 Å². The molecule has 2 N–H and O–H groups in total. The van der Waals surface area contributed by atoms with Gasteiger partial charge < -0.3 is 10.4 Å². The predicted octanol–water partition coefficient (Wildman–Crippen LogP) is 2.37. The van der Waals surface area contributed by atoms with Gasteiger partial charge in [-0.25, -0.2) is 4.68 Å². The Morgan fingerprint density at radius 3 is 2.55 bits per heavy atom. The molecule has 20 heavy (non-hydrogen) atoms. The highest BCUT2D eigenvalue weighted by molar-refractivity contribution is 6.32. The monoisotopic (exact) mass is 301 g/mol. The molecule has 0 aliphatic rings. The molecular weight excluding hydrogens is 278 g/mol. The molecule has 1 atom stereocenters. The normalized spacial score (nSPS) is 13.0. The Kier molecular flexibility index (Phi) is 6.49. The molecule has 1 aromatic heterocycles. The second-order valence-corrected chi connectivity index (χ2v) is 6.30. The minimum Gasteiger partial charge on any atom is -0.391 e. The number of nitrogens with one attached hydrogen (secondary N) is 1. The first-order valence-electron chi connectivity index (χ1n) is 6.98. The Morgan fingerprint density at radius 1 is 1.35 bits per heavy atom. The van der Waals surface area contributed by atoms with Crippen molar-refractivity contribution in [2.24, 2.45) is 11.8 Å². The summed E-state index contributed by atoms with van der Waals surface area (Å²) in [6, 6.07) is 0. The molecule has 1 rings (SSSR count). The Labute approximate surface area is 125 Å². The maximum Gasteiger partial charge on any atom is 0.287 e. The molecule has 0 aliphatic carbocycles. The van der Waals surface area contributed by atoms with E-state index in [0.717, 1.165) is 0 Å². The number of halogens is 1. The number of hydrogen-bond donors (Lipinski definition) is 2. The van der Waals surface area contributed by atoms with Crippen LogP contribution in [0.25, 0.3) is 0 Å². The van der Waals surface area contributed by atoms with Crippen LogP contribution in [0.2, 0.25) is 5.02 Å². The molecule has 0 bridgehead atoms. The van der Waals surface area contributed by atoms with Crippen molar-refractivity contribution >= 4 is 17.3 Å². The van der Waals surface area contributed by atoms with Crippen molar-refractivity contribution in [3.63, 3.8) is 0 Å². The molecule has 114 valence electrons. The fourth-order valence-corrected chi connectivity index (χ4v) is 2.13. The van der Waals surface area contributed by atoms with Gasteiger partial charge in [-0.2, -0.15) is 5.10 Å². The third kappa shape index (κ3) is 5.13. The fraction of sp³-hybridized carbons (Fsp3) is 0.714. The molecule has 0 radical (unpaired) electrons. The van der Waals surface area contributed by atoms with Crippen LogP contribution in [0.1, 0.15) is 34.1 Å². The summed E-state index contributed by atoms with van der Waals surface area (Å²) in [5.41, 5.74) is 0.170. The van der Waals surface area contributed by atoms with Crippen LogP contribution < -0.4 is 10.9 Å². The summed E-state index contributed by atoms with van der Waals surface area (Å²) < 4.78 is 1.36. The zero-order valence-corrected chi connectivity index (χ0v) is 13.3. The third-order valence-electron chi connectivity index (χ3n) is 2.79. The van der Waals surface area contributed by atoms with Gasteiger partial charge in [-0.05, 0) is 18.3 Å². The summed E-state index contributed by atoms with van der Waals surface area (Å²) in [6.07, 6.45) is 1.76. The van der Waals surface area contributed by atoms with Crippen LogP contribution in [-0.4, -0.2) is 27.5 Å². The minimum atomic E-state index is -0.468. The van der Waals surface area contributed by atoms with E-state index in [1.54, 1.807) is 0 Å². The number of rotatable bonds is 7. The highest BCUT2D eigenvalue weighted by Crippen LogP contribution is 2.16. The Bertz CT molecular complexity index is 486. The number of aliphatic hydroxyl groups is 1. The lowest BCUT2D eigenvalue weighted by atomic mass is 10.1. The Morgan fingerprint density at radius 2 is 2.00 bits per heavy atom. The molecule has 0 aliphatic heterocycles. The van der Waals surface area contributed by atoms with Gasteiger partial charge in [0.2, 0.25) is 0 Å². The van der Waals surface area contributed by atoms with Crippen molar-refractivity contribution < 1.29 is 5.11 Å². The number of hydrogen-bond acceptors (Lipinski definition) is 4. The third-order valence-corrected chi connectivity index (χ3v) is 3.16. The second kappa shape index (κ2) is 7.64. The molecule has 0 spiro atoms. The van der Waals surface area contributed by atoms with Crippen molar-refractivity contribution in [3.8, 4) is 0 Å². The molecule has 0 saturated heterocycles. The second-order valence-electron chi connectivity index (χ2n) is 5.92. The quantitative estimate of drug-likeness (QED) is 0.811. The number of anilines is 1. The van der Waals surface area contributed by atoms with Gasteiger partial charge in [-0.15, -0.1) is 0 Å². The summed E-state index contributed by atoms with van der Waals surface area (Å²) in [7, 11) is 0. The predicted molar refractivity (Wildman–Crippen MR) is 82.3 cm³/mol. The topological polar surface area (TPSA) is 67.2 Å². The van der Waals surface area contributed by atoms with Gasteiger partial charge in [0, 0.05) is 13.1 Å². The van der Waals surface area contributed by atoms with Gasteiger partial charge >= 0.3 is 0 Å². The SMILES string of the molecule is CC(C)CC(O)CNc1cnn(CC(C)C)c(=O)c1Cl. The Hall–Kier alpha value is -1.07. The van der Waals surface area contributed by atoms with Crippen LogP contribution in [0.4, 0.5) is 5.69 Å². The molecule has 0 aromatic carbocycles. The summed E-state index contributed by atoms with van der Waals surface area (Å²) in [5.74, 6) is 0.738. The van der Waals surface area contributed by atoms with E-state index in [2.05, 4.69) is 10.4 Å².